The van der Waals surface area contributed by atoms with E-state index in [1.54, 1.807) is 0 Å². The summed E-state index contributed by atoms with van der Waals surface area (Å²) in [5, 5.41) is 0. The quantitative estimate of drug-likeness (QED) is 0.910. The van der Waals surface area contributed by atoms with Gasteiger partial charge in [0, 0.05) is 16.8 Å². The molecule has 0 aliphatic heterocycles. The molecule has 2 nitrogen and oxygen atoms in total. The maximum Gasteiger partial charge on any atom is 0.0468 e. The highest BCUT2D eigenvalue weighted by molar-refractivity contribution is 5.25. The molecule has 4 saturated carbocycles. The van der Waals surface area contributed by atoms with E-state index in [-0.39, 0.29) is 0 Å². The molecular formula is C18H26N2. The lowest BCUT2D eigenvalue weighted by Crippen LogP contribution is -2.49. The van der Waals surface area contributed by atoms with Gasteiger partial charge < -0.3 is 5.73 Å². The summed E-state index contributed by atoms with van der Waals surface area (Å²) in [7, 11) is 0. The third-order valence-electron chi connectivity index (χ3n) is 6.03. The molecule has 5 rings (SSSR count). The van der Waals surface area contributed by atoms with E-state index in [0.717, 1.165) is 37.1 Å². The predicted molar refractivity (Wildman–Crippen MR) is 81.5 cm³/mol. The maximum absolute atomic E-state index is 5.63. The van der Waals surface area contributed by atoms with Gasteiger partial charge in [-0.25, -0.2) is 0 Å². The van der Waals surface area contributed by atoms with Crippen molar-refractivity contribution in [3.63, 3.8) is 0 Å². The standard InChI is InChI=1S/C18H26N2/c19-6-2-4-16-3-1-5-17(20-16)18-10-13-7-14(11-18)9-15(8-13)12-18/h1,3,5,13-15H,2,4,6-12,19H2. The second kappa shape index (κ2) is 4.84. The van der Waals surface area contributed by atoms with Crippen LogP contribution >= 0.6 is 0 Å². The van der Waals surface area contributed by atoms with Crippen LogP contribution in [0, 0.1) is 17.8 Å². The topological polar surface area (TPSA) is 38.9 Å². The zero-order valence-electron chi connectivity index (χ0n) is 12.4. The van der Waals surface area contributed by atoms with Crippen molar-refractivity contribution < 1.29 is 0 Å². The van der Waals surface area contributed by atoms with E-state index in [9.17, 15) is 0 Å². The Morgan fingerprint density at radius 3 is 2.30 bits per heavy atom. The van der Waals surface area contributed by atoms with E-state index in [4.69, 9.17) is 10.7 Å². The molecular weight excluding hydrogens is 244 g/mol. The van der Waals surface area contributed by atoms with E-state index in [0.29, 0.717) is 5.41 Å². The number of nitrogens with two attached hydrogens (primary N) is 1. The van der Waals surface area contributed by atoms with Crippen LogP contribution in [-0.4, -0.2) is 11.5 Å². The Hall–Kier alpha value is -0.890. The Bertz CT molecular complexity index is 459. The van der Waals surface area contributed by atoms with Crippen LogP contribution in [0.4, 0.5) is 0 Å². The van der Waals surface area contributed by atoms with Crippen molar-refractivity contribution in [1.29, 1.82) is 0 Å². The van der Waals surface area contributed by atoms with Gasteiger partial charge in [-0.2, -0.15) is 0 Å². The molecule has 1 aromatic rings. The maximum atomic E-state index is 5.63. The highest BCUT2D eigenvalue weighted by Gasteiger charge is 2.52. The minimum absolute atomic E-state index is 0.438. The fourth-order valence-corrected chi connectivity index (χ4v) is 5.62. The molecule has 0 unspecified atom stereocenters. The molecule has 1 heterocycles. The van der Waals surface area contributed by atoms with Crippen LogP contribution < -0.4 is 5.73 Å². The minimum atomic E-state index is 0.438. The fourth-order valence-electron chi connectivity index (χ4n) is 5.62. The third kappa shape index (κ3) is 2.09. The van der Waals surface area contributed by atoms with Gasteiger partial charge >= 0.3 is 0 Å². The average Bonchev–Trinajstić information content (AvgIpc) is 2.44. The summed E-state index contributed by atoms with van der Waals surface area (Å²) >= 11 is 0. The number of hydrogen-bond donors (Lipinski definition) is 1. The first-order valence-electron chi connectivity index (χ1n) is 8.44. The molecule has 1 aromatic heterocycles. The van der Waals surface area contributed by atoms with Crippen LogP contribution in [0.1, 0.15) is 56.3 Å². The van der Waals surface area contributed by atoms with Gasteiger partial charge in [-0.05, 0) is 87.8 Å². The van der Waals surface area contributed by atoms with E-state index < -0.39 is 0 Å². The highest BCUT2D eigenvalue weighted by Crippen LogP contribution is 2.60. The van der Waals surface area contributed by atoms with Gasteiger partial charge in [-0.15, -0.1) is 0 Å². The minimum Gasteiger partial charge on any atom is -0.330 e. The monoisotopic (exact) mass is 270 g/mol. The van der Waals surface area contributed by atoms with Gasteiger partial charge in [0.1, 0.15) is 0 Å². The number of pyridine rings is 1. The fraction of sp³-hybridized carbons (Fsp3) is 0.722. The summed E-state index contributed by atoms with van der Waals surface area (Å²) in [5.41, 5.74) is 8.73. The Balaban J connectivity index is 1.63. The summed E-state index contributed by atoms with van der Waals surface area (Å²) in [4.78, 5) is 5.04. The summed E-state index contributed by atoms with van der Waals surface area (Å²) in [6.07, 6.45) is 10.8. The molecule has 4 aliphatic rings. The second-order valence-corrected chi connectivity index (χ2v) is 7.60. The van der Waals surface area contributed by atoms with E-state index >= 15 is 0 Å². The Kier molecular flexibility index (Phi) is 3.10. The zero-order valence-corrected chi connectivity index (χ0v) is 12.4. The SMILES string of the molecule is NCCCc1cccc(C23CC4CC(CC(C4)C2)C3)n1. The smallest absolute Gasteiger partial charge is 0.0468 e. The first-order chi connectivity index (χ1) is 9.77. The van der Waals surface area contributed by atoms with Crippen molar-refractivity contribution in [2.24, 2.45) is 23.5 Å². The zero-order chi connectivity index (χ0) is 13.6. The molecule has 4 fully saturated rings. The van der Waals surface area contributed by atoms with Crippen LogP contribution in [0.2, 0.25) is 0 Å². The Morgan fingerprint density at radius 1 is 1.05 bits per heavy atom. The van der Waals surface area contributed by atoms with Gasteiger partial charge in [0.15, 0.2) is 0 Å². The number of rotatable bonds is 4. The van der Waals surface area contributed by atoms with Crippen molar-refractivity contribution in [2.75, 3.05) is 6.54 Å². The second-order valence-electron chi connectivity index (χ2n) is 7.60. The molecule has 108 valence electrons. The molecule has 2 N–H and O–H groups in total. The number of aryl methyl sites for hydroxylation is 1. The number of aromatic nitrogens is 1. The molecule has 0 saturated heterocycles. The first-order valence-corrected chi connectivity index (χ1v) is 8.44. The molecule has 0 amide bonds. The highest BCUT2D eigenvalue weighted by atomic mass is 14.8. The largest absolute Gasteiger partial charge is 0.330 e. The average molecular weight is 270 g/mol. The van der Waals surface area contributed by atoms with Crippen molar-refractivity contribution in [1.82, 2.24) is 4.98 Å². The Morgan fingerprint density at radius 2 is 1.70 bits per heavy atom. The van der Waals surface area contributed by atoms with E-state index in [1.165, 1.54) is 49.9 Å². The summed E-state index contributed by atoms with van der Waals surface area (Å²) < 4.78 is 0. The normalized spacial score (nSPS) is 38.4. The molecule has 0 spiro atoms. The summed E-state index contributed by atoms with van der Waals surface area (Å²) in [5.74, 6) is 2.99. The van der Waals surface area contributed by atoms with Gasteiger partial charge in [0.25, 0.3) is 0 Å². The van der Waals surface area contributed by atoms with Crippen molar-refractivity contribution >= 4 is 0 Å². The van der Waals surface area contributed by atoms with Gasteiger partial charge in [0.2, 0.25) is 0 Å². The van der Waals surface area contributed by atoms with Crippen molar-refractivity contribution in [3.05, 3.63) is 29.6 Å². The van der Waals surface area contributed by atoms with Crippen molar-refractivity contribution in [3.8, 4) is 0 Å². The molecule has 4 aliphatic carbocycles. The van der Waals surface area contributed by atoms with Crippen LogP contribution in [-0.2, 0) is 11.8 Å². The lowest BCUT2D eigenvalue weighted by Gasteiger charge is -2.56. The van der Waals surface area contributed by atoms with E-state index in [2.05, 4.69) is 18.2 Å². The molecule has 20 heavy (non-hydrogen) atoms. The molecule has 2 heteroatoms. The third-order valence-corrected chi connectivity index (χ3v) is 6.03. The number of nitrogens with zero attached hydrogens (tertiary/aromatic N) is 1. The molecule has 0 radical (unpaired) electrons. The van der Waals surface area contributed by atoms with E-state index in [1.807, 2.05) is 0 Å². The molecule has 4 bridgehead atoms. The Labute approximate surface area is 122 Å². The number of hydrogen-bond acceptors (Lipinski definition) is 2. The van der Waals surface area contributed by atoms with Gasteiger partial charge in [0.05, 0.1) is 0 Å². The molecule has 0 atom stereocenters. The van der Waals surface area contributed by atoms with Crippen LogP contribution in [0.3, 0.4) is 0 Å². The summed E-state index contributed by atoms with van der Waals surface area (Å²) in [6, 6.07) is 6.71. The lowest BCUT2D eigenvalue weighted by atomic mass is 9.49. The van der Waals surface area contributed by atoms with Crippen LogP contribution in [0.25, 0.3) is 0 Å². The predicted octanol–water partition coefficient (Wildman–Crippen LogP) is 3.44. The van der Waals surface area contributed by atoms with Gasteiger partial charge in [-0.1, -0.05) is 6.07 Å². The summed E-state index contributed by atoms with van der Waals surface area (Å²) in [6.45, 7) is 0.767. The van der Waals surface area contributed by atoms with Crippen LogP contribution in [0.15, 0.2) is 18.2 Å². The molecule has 0 aromatic carbocycles. The van der Waals surface area contributed by atoms with Crippen molar-refractivity contribution in [2.45, 2.75) is 56.8 Å². The lowest BCUT2D eigenvalue weighted by molar-refractivity contribution is -0.00728. The first kappa shape index (κ1) is 12.8. The van der Waals surface area contributed by atoms with Gasteiger partial charge in [-0.3, -0.25) is 4.98 Å². The van der Waals surface area contributed by atoms with Crippen LogP contribution in [0.5, 0.6) is 0 Å².